The van der Waals surface area contributed by atoms with Crippen LogP contribution >= 0.6 is 12.2 Å². The molecule has 3 heteroatoms. The van der Waals surface area contributed by atoms with E-state index in [2.05, 4.69) is 34.5 Å². The molecule has 82 valence electrons. The number of nitrogens with zero attached hydrogens (tertiary/aromatic N) is 1. The molecule has 0 fully saturated rings. The summed E-state index contributed by atoms with van der Waals surface area (Å²) in [6.45, 7) is 2.71. The van der Waals surface area contributed by atoms with Crippen molar-refractivity contribution in [2.45, 2.75) is 19.8 Å². The minimum Gasteiger partial charge on any atom is -0.498 e. The summed E-state index contributed by atoms with van der Waals surface area (Å²) in [7, 11) is 0. The van der Waals surface area contributed by atoms with E-state index in [1.165, 1.54) is 11.1 Å². The Hall–Kier alpha value is -1.44. The molecule has 0 unspecified atom stereocenters. The van der Waals surface area contributed by atoms with Gasteiger partial charge in [-0.05, 0) is 48.8 Å². The Morgan fingerprint density at radius 2 is 2.38 bits per heavy atom. The summed E-state index contributed by atoms with van der Waals surface area (Å²) in [6.07, 6.45) is 3.85. The van der Waals surface area contributed by atoms with Crippen LogP contribution < -0.4 is 0 Å². The fourth-order valence-electron chi connectivity index (χ4n) is 1.94. The van der Waals surface area contributed by atoms with Gasteiger partial charge in [-0.25, -0.2) is 0 Å². The lowest BCUT2D eigenvalue weighted by molar-refractivity contribution is 0.220. The van der Waals surface area contributed by atoms with Gasteiger partial charge in [0.05, 0.1) is 23.2 Å². The molecule has 0 aromatic heterocycles. The SMILES string of the molecule is CCOC1=CCc2cccc(N=C=S)c2C1. The predicted molar refractivity (Wildman–Crippen MR) is 68.2 cm³/mol. The van der Waals surface area contributed by atoms with Crippen molar-refractivity contribution in [3.63, 3.8) is 0 Å². The molecule has 0 atom stereocenters. The van der Waals surface area contributed by atoms with Gasteiger partial charge in [-0.3, -0.25) is 0 Å². The summed E-state index contributed by atoms with van der Waals surface area (Å²) in [5, 5.41) is 2.43. The lowest BCUT2D eigenvalue weighted by atomic mass is 9.94. The quantitative estimate of drug-likeness (QED) is 0.587. The fourth-order valence-corrected chi connectivity index (χ4v) is 2.03. The zero-order valence-electron chi connectivity index (χ0n) is 9.19. The molecule has 0 bridgehead atoms. The van der Waals surface area contributed by atoms with Crippen LogP contribution in [-0.2, 0) is 17.6 Å². The fraction of sp³-hybridized carbons (Fsp3) is 0.308. The van der Waals surface area contributed by atoms with E-state index in [4.69, 9.17) is 4.74 Å². The van der Waals surface area contributed by atoms with Gasteiger partial charge in [0.1, 0.15) is 0 Å². The molecule has 0 saturated heterocycles. The lowest BCUT2D eigenvalue weighted by Gasteiger charge is -2.18. The first-order valence-corrected chi connectivity index (χ1v) is 5.76. The van der Waals surface area contributed by atoms with Gasteiger partial charge < -0.3 is 4.74 Å². The van der Waals surface area contributed by atoms with Crippen molar-refractivity contribution in [2.75, 3.05) is 6.61 Å². The smallest absolute Gasteiger partial charge is 0.0967 e. The maximum atomic E-state index is 5.55. The summed E-state index contributed by atoms with van der Waals surface area (Å²) in [4.78, 5) is 4.10. The van der Waals surface area contributed by atoms with E-state index in [0.29, 0.717) is 6.61 Å². The Bertz CT molecular complexity index is 473. The van der Waals surface area contributed by atoms with Crippen LogP contribution in [0.4, 0.5) is 5.69 Å². The third-order valence-electron chi connectivity index (χ3n) is 2.64. The second-order valence-corrected chi connectivity index (χ2v) is 3.78. The second-order valence-electron chi connectivity index (χ2n) is 3.60. The van der Waals surface area contributed by atoms with Crippen molar-refractivity contribution in [1.29, 1.82) is 0 Å². The van der Waals surface area contributed by atoms with Gasteiger partial charge in [0.25, 0.3) is 0 Å². The highest BCUT2D eigenvalue weighted by molar-refractivity contribution is 7.78. The first kappa shape index (κ1) is 11.1. The molecule has 1 aliphatic carbocycles. The number of rotatable bonds is 3. The van der Waals surface area contributed by atoms with Crippen LogP contribution in [0.5, 0.6) is 0 Å². The number of allylic oxidation sites excluding steroid dienone is 2. The molecule has 2 nitrogen and oxygen atoms in total. The van der Waals surface area contributed by atoms with Crippen LogP contribution in [0.1, 0.15) is 18.1 Å². The van der Waals surface area contributed by atoms with Crippen molar-refractivity contribution in [2.24, 2.45) is 4.99 Å². The summed E-state index contributed by atoms with van der Waals surface area (Å²) in [5.41, 5.74) is 3.43. The van der Waals surface area contributed by atoms with Crippen LogP contribution in [-0.4, -0.2) is 11.8 Å². The monoisotopic (exact) mass is 231 g/mol. The third kappa shape index (κ3) is 2.21. The first-order chi connectivity index (χ1) is 7.85. The molecule has 1 aliphatic rings. The summed E-state index contributed by atoms with van der Waals surface area (Å²) >= 11 is 4.66. The van der Waals surface area contributed by atoms with Gasteiger partial charge in [0.15, 0.2) is 0 Å². The number of isothiocyanates is 1. The third-order valence-corrected chi connectivity index (χ3v) is 2.74. The van der Waals surface area contributed by atoms with Crippen molar-refractivity contribution in [1.82, 2.24) is 0 Å². The Labute approximate surface area is 101 Å². The Morgan fingerprint density at radius 1 is 1.50 bits per heavy atom. The normalized spacial score (nSPS) is 13.4. The zero-order valence-corrected chi connectivity index (χ0v) is 10.0. The number of benzene rings is 1. The summed E-state index contributed by atoms with van der Waals surface area (Å²) in [6, 6.07) is 6.09. The van der Waals surface area contributed by atoms with Crippen LogP contribution in [0.3, 0.4) is 0 Å². The van der Waals surface area contributed by atoms with E-state index in [-0.39, 0.29) is 0 Å². The maximum absolute atomic E-state index is 5.55. The van der Waals surface area contributed by atoms with Crippen molar-refractivity contribution in [3.05, 3.63) is 41.2 Å². The molecule has 1 aromatic carbocycles. The molecule has 0 saturated carbocycles. The van der Waals surface area contributed by atoms with Gasteiger partial charge in [0.2, 0.25) is 0 Å². The highest BCUT2D eigenvalue weighted by Gasteiger charge is 2.14. The van der Waals surface area contributed by atoms with E-state index >= 15 is 0 Å². The summed E-state index contributed by atoms with van der Waals surface area (Å²) < 4.78 is 5.55. The predicted octanol–water partition coefficient (Wildman–Crippen LogP) is 3.44. The standard InChI is InChI=1S/C13H13NOS/c1-2-15-11-7-6-10-4-3-5-13(14-9-16)12(10)8-11/h3-5,7H,2,6,8H2,1H3. The van der Waals surface area contributed by atoms with E-state index in [0.717, 1.165) is 24.3 Å². The number of aliphatic imine (C=N–C) groups is 1. The highest BCUT2D eigenvalue weighted by atomic mass is 32.1. The van der Waals surface area contributed by atoms with Crippen LogP contribution in [0.25, 0.3) is 0 Å². The van der Waals surface area contributed by atoms with E-state index < -0.39 is 0 Å². The maximum Gasteiger partial charge on any atom is 0.0967 e. The van der Waals surface area contributed by atoms with Crippen LogP contribution in [0, 0.1) is 0 Å². The van der Waals surface area contributed by atoms with Gasteiger partial charge >= 0.3 is 0 Å². The van der Waals surface area contributed by atoms with Crippen molar-refractivity contribution in [3.8, 4) is 0 Å². The molecule has 0 spiro atoms. The Kier molecular flexibility index (Phi) is 3.50. The number of hydrogen-bond donors (Lipinski definition) is 0. The molecule has 0 heterocycles. The number of thiocarbonyl (C=S) groups is 1. The molecule has 0 amide bonds. The van der Waals surface area contributed by atoms with E-state index in [1.54, 1.807) is 0 Å². The van der Waals surface area contributed by atoms with E-state index in [9.17, 15) is 0 Å². The molecular formula is C13H13NOS. The van der Waals surface area contributed by atoms with Gasteiger partial charge in [-0.1, -0.05) is 12.1 Å². The topological polar surface area (TPSA) is 21.6 Å². The minimum absolute atomic E-state index is 0.708. The Morgan fingerprint density at radius 3 is 3.12 bits per heavy atom. The molecule has 0 aliphatic heterocycles. The highest BCUT2D eigenvalue weighted by Crippen LogP contribution is 2.29. The number of hydrogen-bond acceptors (Lipinski definition) is 3. The molecular weight excluding hydrogens is 218 g/mol. The number of fused-ring (bicyclic) bond motifs is 1. The van der Waals surface area contributed by atoms with Gasteiger partial charge in [-0.15, -0.1) is 0 Å². The van der Waals surface area contributed by atoms with Crippen LogP contribution in [0.15, 0.2) is 35.0 Å². The summed E-state index contributed by atoms with van der Waals surface area (Å²) in [5.74, 6) is 1.03. The second kappa shape index (κ2) is 5.06. The molecule has 2 rings (SSSR count). The average Bonchev–Trinajstić information content (AvgIpc) is 2.31. The molecule has 0 N–H and O–H groups in total. The Balaban J connectivity index is 2.35. The minimum atomic E-state index is 0.708. The lowest BCUT2D eigenvalue weighted by Crippen LogP contribution is -2.06. The van der Waals surface area contributed by atoms with Crippen molar-refractivity contribution >= 4 is 23.1 Å². The average molecular weight is 231 g/mol. The molecule has 1 aromatic rings. The van der Waals surface area contributed by atoms with Gasteiger partial charge in [0, 0.05) is 6.42 Å². The largest absolute Gasteiger partial charge is 0.498 e. The van der Waals surface area contributed by atoms with Gasteiger partial charge in [-0.2, -0.15) is 4.99 Å². The number of ether oxygens (including phenoxy) is 1. The van der Waals surface area contributed by atoms with Crippen molar-refractivity contribution < 1.29 is 4.74 Å². The zero-order chi connectivity index (χ0) is 11.4. The first-order valence-electron chi connectivity index (χ1n) is 5.35. The van der Waals surface area contributed by atoms with E-state index in [1.807, 2.05) is 19.1 Å². The molecule has 16 heavy (non-hydrogen) atoms. The van der Waals surface area contributed by atoms with Crippen LogP contribution in [0.2, 0.25) is 0 Å². The molecule has 0 radical (unpaired) electrons.